The molecule has 8 heteroatoms. The molecule has 0 saturated heterocycles. The zero-order valence-corrected chi connectivity index (χ0v) is 20.3. The summed E-state index contributed by atoms with van der Waals surface area (Å²) < 4.78 is 16.4. The van der Waals surface area contributed by atoms with Gasteiger partial charge >= 0.3 is 5.97 Å². The van der Waals surface area contributed by atoms with Crippen molar-refractivity contribution in [2.24, 2.45) is 0 Å². The van der Waals surface area contributed by atoms with E-state index in [9.17, 15) is 14.7 Å². The Bertz CT molecular complexity index is 1520. The second-order valence-electron chi connectivity index (χ2n) is 8.50. The van der Waals surface area contributed by atoms with E-state index in [4.69, 9.17) is 25.2 Å². The summed E-state index contributed by atoms with van der Waals surface area (Å²) in [6.45, 7) is 0.363. The minimum atomic E-state index is -1.14. The number of aliphatic carboxylic acids is 1. The number of amides is 1. The van der Waals surface area contributed by atoms with Gasteiger partial charge in [0.05, 0.1) is 12.5 Å². The molecule has 7 nitrogen and oxygen atoms in total. The van der Waals surface area contributed by atoms with Crippen LogP contribution in [0.4, 0.5) is 0 Å². The molecule has 1 atom stereocenters. The topological polar surface area (TPSA) is 102 Å². The summed E-state index contributed by atoms with van der Waals surface area (Å²) in [5, 5.41) is 13.7. The number of carbonyl (C=O) groups is 2. The van der Waals surface area contributed by atoms with Crippen molar-refractivity contribution in [2.75, 3.05) is 0 Å². The van der Waals surface area contributed by atoms with Crippen LogP contribution in [0.3, 0.4) is 0 Å². The molecule has 2 N–H and O–H groups in total. The molecule has 0 aliphatic heterocycles. The molecule has 1 amide bonds. The number of rotatable bonds is 9. The van der Waals surface area contributed by atoms with Gasteiger partial charge in [-0.15, -0.1) is 0 Å². The number of fused-ring (bicyclic) bond motifs is 1. The Morgan fingerprint density at radius 1 is 0.919 bits per heavy atom. The maximum absolute atomic E-state index is 12.9. The van der Waals surface area contributed by atoms with Crippen LogP contribution < -0.4 is 10.1 Å². The van der Waals surface area contributed by atoms with Crippen LogP contribution in [-0.2, 0) is 17.8 Å². The SMILES string of the molecule is O=C(N[C@@H](Cc1ccc(OCc2ccoc2)cc1)C(=O)O)c1cc2cc(-c3ccc(Cl)cc3)ccc2o1. The first-order valence-corrected chi connectivity index (χ1v) is 11.9. The summed E-state index contributed by atoms with van der Waals surface area (Å²) in [6, 6.07) is 22.4. The summed E-state index contributed by atoms with van der Waals surface area (Å²) in [7, 11) is 0. The van der Waals surface area contributed by atoms with Crippen molar-refractivity contribution in [3.63, 3.8) is 0 Å². The second-order valence-corrected chi connectivity index (χ2v) is 8.94. The standard InChI is InChI=1S/C29H22ClNO6/c30-23-6-3-20(4-7-23)21-5-10-26-22(14-21)15-27(37-26)28(32)31-25(29(33)34)13-18-1-8-24(9-2-18)36-17-19-11-12-35-16-19/h1-12,14-16,25H,13,17H2,(H,31,32)(H,33,34)/t25-/m0/s1. The molecule has 0 spiro atoms. The molecule has 2 aromatic heterocycles. The van der Waals surface area contributed by atoms with Crippen molar-refractivity contribution >= 4 is 34.4 Å². The van der Waals surface area contributed by atoms with E-state index < -0.39 is 17.9 Å². The van der Waals surface area contributed by atoms with Crippen LogP contribution in [0.2, 0.25) is 5.02 Å². The van der Waals surface area contributed by atoms with Gasteiger partial charge in [0.15, 0.2) is 5.76 Å². The van der Waals surface area contributed by atoms with Crippen LogP contribution in [-0.4, -0.2) is 23.0 Å². The number of carbonyl (C=O) groups excluding carboxylic acids is 1. The zero-order valence-electron chi connectivity index (χ0n) is 19.5. The maximum atomic E-state index is 12.9. The Morgan fingerprint density at radius 2 is 1.68 bits per heavy atom. The summed E-state index contributed by atoms with van der Waals surface area (Å²) in [4.78, 5) is 24.7. The van der Waals surface area contributed by atoms with Crippen molar-refractivity contribution in [1.29, 1.82) is 0 Å². The summed E-state index contributed by atoms with van der Waals surface area (Å²) in [5.41, 5.74) is 4.09. The first-order chi connectivity index (χ1) is 17.9. The summed E-state index contributed by atoms with van der Waals surface area (Å²) in [6.07, 6.45) is 3.28. The first-order valence-electron chi connectivity index (χ1n) is 11.5. The fourth-order valence-electron chi connectivity index (χ4n) is 3.91. The zero-order chi connectivity index (χ0) is 25.8. The highest BCUT2D eigenvalue weighted by molar-refractivity contribution is 6.30. The van der Waals surface area contributed by atoms with E-state index in [-0.39, 0.29) is 12.2 Å². The van der Waals surface area contributed by atoms with Crippen LogP contribution in [0.25, 0.3) is 22.1 Å². The normalized spacial score (nSPS) is 11.8. The Hall–Kier alpha value is -4.49. The molecule has 5 aromatic rings. The third-order valence-corrected chi connectivity index (χ3v) is 6.12. The lowest BCUT2D eigenvalue weighted by molar-refractivity contribution is -0.139. The monoisotopic (exact) mass is 515 g/mol. The van der Waals surface area contributed by atoms with Gasteiger partial charge in [-0.25, -0.2) is 4.79 Å². The number of hydrogen-bond donors (Lipinski definition) is 2. The van der Waals surface area contributed by atoms with Gasteiger partial charge in [-0.05, 0) is 65.2 Å². The van der Waals surface area contributed by atoms with Gasteiger partial charge in [0, 0.05) is 22.4 Å². The van der Waals surface area contributed by atoms with Crippen molar-refractivity contribution in [1.82, 2.24) is 5.32 Å². The van der Waals surface area contributed by atoms with Crippen LogP contribution in [0.1, 0.15) is 21.7 Å². The highest BCUT2D eigenvalue weighted by Crippen LogP contribution is 2.28. The fraction of sp³-hybridized carbons (Fsp3) is 0.103. The lowest BCUT2D eigenvalue weighted by atomic mass is 10.0. The Kier molecular flexibility index (Phi) is 6.96. The molecule has 3 aromatic carbocycles. The summed E-state index contributed by atoms with van der Waals surface area (Å²) >= 11 is 5.97. The van der Waals surface area contributed by atoms with Crippen LogP contribution in [0.5, 0.6) is 5.75 Å². The van der Waals surface area contributed by atoms with Gasteiger partial charge in [-0.3, -0.25) is 4.79 Å². The quantitative estimate of drug-likeness (QED) is 0.237. The minimum absolute atomic E-state index is 0.0394. The average molecular weight is 516 g/mol. The molecule has 0 unspecified atom stereocenters. The molecule has 5 rings (SSSR count). The molecule has 0 fully saturated rings. The predicted molar refractivity (Wildman–Crippen MR) is 139 cm³/mol. The number of benzene rings is 3. The Balaban J connectivity index is 1.25. The van der Waals surface area contributed by atoms with Gasteiger partial charge in [0.2, 0.25) is 0 Å². The fourth-order valence-corrected chi connectivity index (χ4v) is 4.03. The molecule has 37 heavy (non-hydrogen) atoms. The molecule has 0 aliphatic rings. The minimum Gasteiger partial charge on any atom is -0.489 e. The highest BCUT2D eigenvalue weighted by atomic mass is 35.5. The van der Waals surface area contributed by atoms with Gasteiger partial charge in [-0.2, -0.15) is 0 Å². The molecule has 0 saturated carbocycles. The molecular weight excluding hydrogens is 494 g/mol. The van der Waals surface area contributed by atoms with Crippen LogP contribution in [0, 0.1) is 0 Å². The van der Waals surface area contributed by atoms with Crippen LogP contribution >= 0.6 is 11.6 Å². The maximum Gasteiger partial charge on any atom is 0.326 e. The van der Waals surface area contributed by atoms with E-state index in [2.05, 4.69) is 5.32 Å². The highest BCUT2D eigenvalue weighted by Gasteiger charge is 2.23. The Morgan fingerprint density at radius 3 is 2.38 bits per heavy atom. The summed E-state index contributed by atoms with van der Waals surface area (Å²) in [5.74, 6) is -1.06. The predicted octanol–water partition coefficient (Wildman–Crippen LogP) is 6.35. The number of nitrogens with one attached hydrogen (secondary N) is 1. The van der Waals surface area contributed by atoms with E-state index >= 15 is 0 Å². The van der Waals surface area contributed by atoms with E-state index in [1.54, 1.807) is 48.9 Å². The lowest BCUT2D eigenvalue weighted by Crippen LogP contribution is -2.42. The van der Waals surface area contributed by atoms with Crippen LogP contribution in [0.15, 0.2) is 100 Å². The van der Waals surface area contributed by atoms with E-state index in [0.717, 1.165) is 27.6 Å². The molecule has 0 radical (unpaired) electrons. The molecule has 2 heterocycles. The van der Waals surface area contributed by atoms with Crippen molar-refractivity contribution in [2.45, 2.75) is 19.1 Å². The van der Waals surface area contributed by atoms with Gasteiger partial charge < -0.3 is 24.0 Å². The van der Waals surface area contributed by atoms with Crippen molar-refractivity contribution in [3.05, 3.63) is 113 Å². The number of hydrogen-bond acceptors (Lipinski definition) is 5. The molecule has 0 bridgehead atoms. The van der Waals surface area contributed by atoms with Gasteiger partial charge in [-0.1, -0.05) is 41.9 Å². The number of furan rings is 2. The first kappa shape index (κ1) is 24.2. The second kappa shape index (κ2) is 10.6. The number of ether oxygens (including phenoxy) is 1. The van der Waals surface area contributed by atoms with E-state index in [0.29, 0.717) is 23.0 Å². The number of halogens is 1. The van der Waals surface area contributed by atoms with Crippen molar-refractivity contribution in [3.8, 4) is 16.9 Å². The lowest BCUT2D eigenvalue weighted by Gasteiger charge is -2.14. The molecule has 0 aliphatic carbocycles. The third-order valence-electron chi connectivity index (χ3n) is 5.87. The van der Waals surface area contributed by atoms with E-state index in [1.807, 2.05) is 42.5 Å². The molecule has 186 valence electrons. The largest absolute Gasteiger partial charge is 0.489 e. The Labute approximate surface area is 217 Å². The number of carboxylic acids is 1. The molecular formula is C29H22ClNO6. The third kappa shape index (κ3) is 5.85. The van der Waals surface area contributed by atoms with E-state index in [1.165, 1.54) is 0 Å². The number of carboxylic acid groups (broad SMARTS) is 1. The van der Waals surface area contributed by atoms with Gasteiger partial charge in [0.25, 0.3) is 5.91 Å². The van der Waals surface area contributed by atoms with Gasteiger partial charge in [0.1, 0.15) is 24.0 Å². The average Bonchev–Trinajstić information content (AvgIpc) is 3.58. The van der Waals surface area contributed by atoms with Crippen molar-refractivity contribution < 1.29 is 28.3 Å². The smallest absolute Gasteiger partial charge is 0.326 e.